The summed E-state index contributed by atoms with van der Waals surface area (Å²) >= 11 is 0. The smallest absolute Gasteiger partial charge is 0.277 e. The molecule has 5 nitrogen and oxygen atoms in total. The SMILES string of the molecule is COc1cccc(/C=N\NC(=O)COc2cccc3ccccc23)c1. The minimum Gasteiger partial charge on any atom is -0.497 e. The number of carbonyl (C=O) groups is 1. The first-order valence-corrected chi connectivity index (χ1v) is 7.83. The molecular formula is C20H18N2O3. The first kappa shape index (κ1) is 16.5. The number of methoxy groups -OCH3 is 1. The van der Waals surface area contributed by atoms with Crippen molar-refractivity contribution in [3.63, 3.8) is 0 Å². The van der Waals surface area contributed by atoms with Crippen molar-refractivity contribution in [2.75, 3.05) is 13.7 Å². The summed E-state index contributed by atoms with van der Waals surface area (Å²) in [6, 6.07) is 21.0. The van der Waals surface area contributed by atoms with Gasteiger partial charge in [0.05, 0.1) is 13.3 Å². The molecule has 25 heavy (non-hydrogen) atoms. The molecule has 3 aromatic carbocycles. The number of hydrogen-bond acceptors (Lipinski definition) is 4. The Morgan fingerprint density at radius 3 is 2.76 bits per heavy atom. The van der Waals surface area contributed by atoms with Crippen LogP contribution in [0.4, 0.5) is 0 Å². The van der Waals surface area contributed by atoms with Gasteiger partial charge >= 0.3 is 0 Å². The van der Waals surface area contributed by atoms with Gasteiger partial charge in [-0.15, -0.1) is 0 Å². The minimum atomic E-state index is -0.327. The predicted octanol–water partition coefficient (Wildman–Crippen LogP) is 3.38. The van der Waals surface area contributed by atoms with E-state index in [1.54, 1.807) is 13.3 Å². The number of nitrogens with zero attached hydrogens (tertiary/aromatic N) is 1. The lowest BCUT2D eigenvalue weighted by Gasteiger charge is -2.08. The van der Waals surface area contributed by atoms with Crippen molar-refractivity contribution in [2.24, 2.45) is 5.10 Å². The van der Waals surface area contributed by atoms with E-state index < -0.39 is 0 Å². The number of hydrazone groups is 1. The van der Waals surface area contributed by atoms with Crippen molar-refractivity contribution in [1.29, 1.82) is 0 Å². The van der Waals surface area contributed by atoms with E-state index in [2.05, 4.69) is 10.5 Å². The lowest BCUT2D eigenvalue weighted by atomic mass is 10.1. The van der Waals surface area contributed by atoms with E-state index in [0.29, 0.717) is 5.75 Å². The van der Waals surface area contributed by atoms with Gasteiger partial charge < -0.3 is 9.47 Å². The predicted molar refractivity (Wildman–Crippen MR) is 98.2 cm³/mol. The maximum atomic E-state index is 11.9. The highest BCUT2D eigenvalue weighted by molar-refractivity contribution is 5.89. The second-order valence-corrected chi connectivity index (χ2v) is 5.34. The van der Waals surface area contributed by atoms with Gasteiger partial charge in [0.15, 0.2) is 6.61 Å². The number of ether oxygens (including phenoxy) is 2. The molecule has 0 saturated heterocycles. The van der Waals surface area contributed by atoms with Crippen LogP contribution in [-0.4, -0.2) is 25.8 Å². The number of benzene rings is 3. The summed E-state index contributed by atoms with van der Waals surface area (Å²) in [4.78, 5) is 11.9. The van der Waals surface area contributed by atoms with Crippen molar-refractivity contribution in [1.82, 2.24) is 5.43 Å². The zero-order chi connectivity index (χ0) is 17.5. The molecular weight excluding hydrogens is 316 g/mol. The fraction of sp³-hybridized carbons (Fsp3) is 0.100. The number of amides is 1. The van der Waals surface area contributed by atoms with Gasteiger partial charge in [-0.2, -0.15) is 5.10 Å². The summed E-state index contributed by atoms with van der Waals surface area (Å²) in [5.41, 5.74) is 3.28. The third-order valence-corrected chi connectivity index (χ3v) is 3.61. The standard InChI is InChI=1S/C20H18N2O3/c1-24-17-9-4-6-15(12-17)13-21-22-20(23)14-25-19-11-5-8-16-7-2-3-10-18(16)19/h2-13H,14H2,1H3,(H,22,23)/b21-13-. The molecule has 0 aliphatic carbocycles. The summed E-state index contributed by atoms with van der Waals surface area (Å²) in [6.07, 6.45) is 1.55. The van der Waals surface area contributed by atoms with Crippen LogP contribution in [0.2, 0.25) is 0 Å². The highest BCUT2D eigenvalue weighted by Gasteiger charge is 2.04. The van der Waals surface area contributed by atoms with E-state index in [1.807, 2.05) is 66.7 Å². The van der Waals surface area contributed by atoms with Gasteiger partial charge in [-0.25, -0.2) is 5.43 Å². The van der Waals surface area contributed by atoms with Gasteiger partial charge in [0, 0.05) is 5.39 Å². The maximum absolute atomic E-state index is 11.9. The Hall–Kier alpha value is -3.34. The molecule has 0 aromatic heterocycles. The van der Waals surface area contributed by atoms with E-state index in [9.17, 15) is 4.79 Å². The van der Waals surface area contributed by atoms with Crippen LogP contribution in [-0.2, 0) is 4.79 Å². The van der Waals surface area contributed by atoms with E-state index in [1.165, 1.54) is 0 Å². The highest BCUT2D eigenvalue weighted by Crippen LogP contribution is 2.24. The molecule has 3 rings (SSSR count). The first-order valence-electron chi connectivity index (χ1n) is 7.83. The van der Waals surface area contributed by atoms with Crippen LogP contribution in [0.25, 0.3) is 10.8 Å². The molecule has 1 amide bonds. The van der Waals surface area contributed by atoms with Crippen molar-refractivity contribution >= 4 is 22.9 Å². The summed E-state index contributed by atoms with van der Waals surface area (Å²) in [7, 11) is 1.60. The number of hydrogen-bond donors (Lipinski definition) is 1. The second-order valence-electron chi connectivity index (χ2n) is 5.34. The molecule has 0 bridgehead atoms. The normalized spacial score (nSPS) is 10.8. The average molecular weight is 334 g/mol. The van der Waals surface area contributed by atoms with Gasteiger partial charge in [0.1, 0.15) is 11.5 Å². The first-order chi connectivity index (χ1) is 12.3. The van der Waals surface area contributed by atoms with Crippen molar-refractivity contribution in [3.8, 4) is 11.5 Å². The van der Waals surface area contributed by atoms with Crippen LogP contribution in [0.5, 0.6) is 11.5 Å². The van der Waals surface area contributed by atoms with Crippen LogP contribution < -0.4 is 14.9 Å². The van der Waals surface area contributed by atoms with E-state index in [0.717, 1.165) is 22.1 Å². The lowest BCUT2D eigenvalue weighted by Crippen LogP contribution is -2.24. The monoisotopic (exact) mass is 334 g/mol. The van der Waals surface area contributed by atoms with Gasteiger partial charge in [0.2, 0.25) is 0 Å². The molecule has 126 valence electrons. The van der Waals surface area contributed by atoms with E-state index in [4.69, 9.17) is 9.47 Å². The molecule has 3 aromatic rings. The quantitative estimate of drug-likeness (QED) is 0.555. The van der Waals surface area contributed by atoms with E-state index in [-0.39, 0.29) is 12.5 Å². The maximum Gasteiger partial charge on any atom is 0.277 e. The van der Waals surface area contributed by atoms with Gasteiger partial charge in [-0.05, 0) is 29.1 Å². The Labute approximate surface area is 145 Å². The molecule has 0 aliphatic heterocycles. The minimum absolute atomic E-state index is 0.108. The Balaban J connectivity index is 1.56. The molecule has 0 atom stereocenters. The van der Waals surface area contributed by atoms with Crippen LogP contribution in [0.1, 0.15) is 5.56 Å². The molecule has 0 saturated carbocycles. The van der Waals surface area contributed by atoms with Crippen LogP contribution in [0, 0.1) is 0 Å². The molecule has 5 heteroatoms. The fourth-order valence-corrected chi connectivity index (χ4v) is 2.40. The van der Waals surface area contributed by atoms with Gasteiger partial charge in [0.25, 0.3) is 5.91 Å². The topological polar surface area (TPSA) is 59.9 Å². The second kappa shape index (κ2) is 7.97. The van der Waals surface area contributed by atoms with E-state index >= 15 is 0 Å². The third kappa shape index (κ3) is 4.35. The summed E-state index contributed by atoms with van der Waals surface area (Å²) in [6.45, 7) is -0.108. The average Bonchev–Trinajstić information content (AvgIpc) is 2.66. The van der Waals surface area contributed by atoms with Crippen molar-refractivity contribution in [3.05, 3.63) is 72.3 Å². The molecule has 0 radical (unpaired) electrons. The molecule has 1 N–H and O–H groups in total. The number of rotatable bonds is 6. The Kier molecular flexibility index (Phi) is 5.26. The highest BCUT2D eigenvalue weighted by atomic mass is 16.5. The van der Waals surface area contributed by atoms with Gasteiger partial charge in [-0.1, -0.05) is 48.5 Å². The summed E-state index contributed by atoms with van der Waals surface area (Å²) in [5.74, 6) is 1.08. The zero-order valence-corrected chi connectivity index (χ0v) is 13.8. The van der Waals surface area contributed by atoms with Gasteiger partial charge in [-0.3, -0.25) is 4.79 Å². The number of carbonyl (C=O) groups excluding carboxylic acids is 1. The zero-order valence-electron chi connectivity index (χ0n) is 13.8. The lowest BCUT2D eigenvalue weighted by molar-refractivity contribution is -0.123. The molecule has 0 spiro atoms. The number of fused-ring (bicyclic) bond motifs is 1. The Morgan fingerprint density at radius 1 is 1.08 bits per heavy atom. The Bertz CT molecular complexity index is 901. The molecule has 0 unspecified atom stereocenters. The van der Waals surface area contributed by atoms with Crippen LogP contribution in [0.3, 0.4) is 0 Å². The fourth-order valence-electron chi connectivity index (χ4n) is 2.40. The summed E-state index contributed by atoms with van der Waals surface area (Å²) < 4.78 is 10.8. The largest absolute Gasteiger partial charge is 0.497 e. The number of nitrogens with one attached hydrogen (secondary N) is 1. The molecule has 0 heterocycles. The van der Waals surface area contributed by atoms with Crippen LogP contribution >= 0.6 is 0 Å². The Morgan fingerprint density at radius 2 is 1.88 bits per heavy atom. The van der Waals surface area contributed by atoms with Crippen LogP contribution in [0.15, 0.2) is 71.8 Å². The summed E-state index contributed by atoms with van der Waals surface area (Å²) in [5, 5.41) is 5.97. The molecule has 0 aliphatic rings. The molecule has 0 fully saturated rings. The third-order valence-electron chi connectivity index (χ3n) is 3.61. The van der Waals surface area contributed by atoms with Crippen molar-refractivity contribution in [2.45, 2.75) is 0 Å². The van der Waals surface area contributed by atoms with Crippen molar-refractivity contribution < 1.29 is 14.3 Å².